The Bertz CT molecular complexity index is 3440. The van der Waals surface area contributed by atoms with Gasteiger partial charge in [0.2, 0.25) is 24.0 Å². The molecule has 32 nitrogen and oxygen atoms in total. The van der Waals surface area contributed by atoms with Crippen LogP contribution in [0.4, 0.5) is 4.79 Å². The van der Waals surface area contributed by atoms with E-state index in [0.29, 0.717) is 68.3 Å². The molecule has 1 fully saturated rings. The SMILES string of the molecule is CC(=O)OC[C@H]1OC(OC(C)=O)[C@H](NC(=O)CCc2ccc(O)c(CN(CCN(CC(=O)OC(C)(C)C)Cc3cc(CCC(=O)NCCCCCC(=O)NCCCC[C@H](NC(=O)N[C@@H](CCC(=O)OC(C)(C)C)C(=O)OC(C)(C)C)C(=O)OC(C)(C)C)ccc3O)CC(=O)OC(C)(C)C)c2)[C@@H](OC(C)=O)[C@@H]1OC(C)=O. The quantitative estimate of drug-likeness (QED) is 0.0201. The molecule has 1 aliphatic rings. The smallest absolute Gasteiger partial charge is 0.329 e. The first-order valence-corrected chi connectivity index (χ1v) is 37.3. The number of benzene rings is 2. The van der Waals surface area contributed by atoms with E-state index >= 15 is 0 Å². The number of ether oxygens (including phenoxy) is 10. The van der Waals surface area contributed by atoms with Gasteiger partial charge in [-0.2, -0.15) is 0 Å². The molecule has 2 aromatic carbocycles. The second-order valence-corrected chi connectivity index (χ2v) is 32.1. The highest BCUT2D eigenvalue weighted by atomic mass is 16.7. The van der Waals surface area contributed by atoms with Gasteiger partial charge in [-0.1, -0.05) is 30.7 Å². The van der Waals surface area contributed by atoms with Gasteiger partial charge < -0.3 is 84.2 Å². The molecule has 1 heterocycles. The Kier molecular flexibility index (Phi) is 38.5. The minimum absolute atomic E-state index is 0.0148. The second-order valence-electron chi connectivity index (χ2n) is 32.1. The van der Waals surface area contributed by atoms with Crippen LogP contribution in [0.2, 0.25) is 0 Å². The molecule has 0 bridgehead atoms. The number of rotatable bonds is 41. The number of nitrogens with zero attached hydrogens (tertiary/aromatic N) is 2. The maximum absolute atomic E-state index is 13.9. The van der Waals surface area contributed by atoms with E-state index in [-0.39, 0.29) is 108 Å². The summed E-state index contributed by atoms with van der Waals surface area (Å²) in [5, 5.41) is 36.2. The zero-order valence-electron chi connectivity index (χ0n) is 67.7. The minimum Gasteiger partial charge on any atom is -0.508 e. The molecule has 1 unspecified atom stereocenters. The fourth-order valence-corrected chi connectivity index (χ4v) is 11.2. The monoisotopic (exact) mass is 1560 g/mol. The number of amides is 5. The van der Waals surface area contributed by atoms with Crippen LogP contribution in [0.1, 0.15) is 224 Å². The molecule has 0 aromatic heterocycles. The first-order chi connectivity index (χ1) is 50.9. The molecule has 3 rings (SSSR count). The van der Waals surface area contributed by atoms with Crippen LogP contribution in [0.25, 0.3) is 0 Å². The molecule has 618 valence electrons. The third-order valence-electron chi connectivity index (χ3n) is 15.6. The van der Waals surface area contributed by atoms with Crippen molar-refractivity contribution < 1.29 is 120 Å². The van der Waals surface area contributed by atoms with Gasteiger partial charge in [-0.25, -0.2) is 14.4 Å². The number of unbranched alkanes of at least 4 members (excludes halogenated alkanes) is 3. The van der Waals surface area contributed by atoms with Crippen molar-refractivity contribution in [2.24, 2.45) is 0 Å². The lowest BCUT2D eigenvalue weighted by molar-refractivity contribution is -0.271. The van der Waals surface area contributed by atoms with E-state index in [9.17, 15) is 72.5 Å². The molecule has 5 amide bonds. The van der Waals surface area contributed by atoms with E-state index < -0.39 is 143 Å². The van der Waals surface area contributed by atoms with E-state index in [1.54, 1.807) is 138 Å². The molecule has 1 aliphatic heterocycles. The van der Waals surface area contributed by atoms with Crippen LogP contribution in [0.15, 0.2) is 36.4 Å². The molecule has 2 aromatic rings. The van der Waals surface area contributed by atoms with Crippen molar-refractivity contribution in [3.63, 3.8) is 0 Å². The van der Waals surface area contributed by atoms with Gasteiger partial charge in [-0.3, -0.25) is 57.7 Å². The first-order valence-electron chi connectivity index (χ1n) is 37.3. The molecule has 7 atom stereocenters. The maximum atomic E-state index is 13.9. The summed E-state index contributed by atoms with van der Waals surface area (Å²) in [5.41, 5.74) is -2.22. The number of esters is 9. The third kappa shape index (κ3) is 41.0. The molecule has 7 N–H and O–H groups in total. The lowest BCUT2D eigenvalue weighted by Gasteiger charge is -2.44. The topological polar surface area (TPSA) is 421 Å². The summed E-state index contributed by atoms with van der Waals surface area (Å²) in [6, 6.07) is 4.94. The van der Waals surface area contributed by atoms with Crippen molar-refractivity contribution >= 4 is 77.5 Å². The normalized spacial score (nSPS) is 16.5. The average Bonchev–Trinajstić information content (AvgIpc) is 0.782. The van der Waals surface area contributed by atoms with Crippen LogP contribution in [0, 0.1) is 0 Å². The van der Waals surface area contributed by atoms with Gasteiger partial charge >= 0.3 is 59.8 Å². The van der Waals surface area contributed by atoms with Crippen molar-refractivity contribution in [1.29, 1.82) is 0 Å². The number of urea groups is 1. The molecule has 0 spiro atoms. The number of phenols is 2. The zero-order valence-corrected chi connectivity index (χ0v) is 67.7. The van der Waals surface area contributed by atoms with Crippen LogP contribution in [-0.4, -0.2) is 214 Å². The predicted molar refractivity (Wildman–Crippen MR) is 400 cm³/mol. The Morgan fingerprint density at radius 3 is 1.33 bits per heavy atom. The number of hydrogen-bond donors (Lipinski definition) is 7. The average molecular weight is 1560 g/mol. The molecule has 0 saturated carbocycles. The Hall–Kier alpha value is -9.17. The number of hydrogen-bond acceptors (Lipinski definition) is 27. The number of phenolic OH excluding ortho intramolecular Hbond substituents is 2. The molecule has 1 saturated heterocycles. The molecule has 110 heavy (non-hydrogen) atoms. The van der Waals surface area contributed by atoms with E-state index in [4.69, 9.17) is 47.4 Å². The second kappa shape index (κ2) is 44.6. The maximum Gasteiger partial charge on any atom is 0.329 e. The van der Waals surface area contributed by atoms with Gasteiger partial charge in [0.25, 0.3) is 0 Å². The highest BCUT2D eigenvalue weighted by Crippen LogP contribution is 2.30. The number of aryl methyl sites for hydroxylation is 2. The van der Waals surface area contributed by atoms with Crippen LogP contribution in [-0.2, 0) is 131 Å². The Morgan fingerprint density at radius 1 is 0.464 bits per heavy atom. The van der Waals surface area contributed by atoms with Crippen molar-refractivity contribution in [3.05, 3.63) is 58.7 Å². The lowest BCUT2D eigenvalue weighted by atomic mass is 9.95. The van der Waals surface area contributed by atoms with E-state index in [2.05, 4.69) is 26.6 Å². The molecule has 0 radical (unpaired) electrons. The highest BCUT2D eigenvalue weighted by molar-refractivity contribution is 5.88. The van der Waals surface area contributed by atoms with Crippen LogP contribution in [0.5, 0.6) is 11.5 Å². The summed E-state index contributed by atoms with van der Waals surface area (Å²) >= 11 is 0. The Morgan fingerprint density at radius 2 is 0.882 bits per heavy atom. The van der Waals surface area contributed by atoms with E-state index in [1.807, 2.05) is 0 Å². The summed E-state index contributed by atoms with van der Waals surface area (Å²) in [7, 11) is 0. The lowest BCUT2D eigenvalue weighted by Crippen LogP contribution is -2.67. The summed E-state index contributed by atoms with van der Waals surface area (Å²) in [5.74, 6) is -7.74. The van der Waals surface area contributed by atoms with Crippen LogP contribution in [0.3, 0.4) is 0 Å². The number of aromatic hydroxyl groups is 2. The molecule has 32 heteroatoms. The van der Waals surface area contributed by atoms with Crippen molar-refractivity contribution in [3.8, 4) is 11.5 Å². The van der Waals surface area contributed by atoms with Crippen molar-refractivity contribution in [2.45, 2.75) is 299 Å². The summed E-state index contributed by atoms with van der Waals surface area (Å²) in [4.78, 5) is 172. The zero-order chi connectivity index (χ0) is 83.1. The fraction of sp³-hybridized carbons (Fsp3) is 0.679. The van der Waals surface area contributed by atoms with Gasteiger partial charge in [0, 0.05) is 104 Å². The fourth-order valence-electron chi connectivity index (χ4n) is 11.2. The molecular formula is C78H121N7O25. The molecular weight excluding hydrogens is 1430 g/mol. The van der Waals surface area contributed by atoms with Gasteiger partial charge in [0.15, 0.2) is 12.2 Å². The van der Waals surface area contributed by atoms with Gasteiger partial charge in [0.1, 0.15) is 70.3 Å². The van der Waals surface area contributed by atoms with Crippen molar-refractivity contribution in [1.82, 2.24) is 36.4 Å². The van der Waals surface area contributed by atoms with Crippen molar-refractivity contribution in [2.75, 3.05) is 45.9 Å². The standard InChI is InChI=1S/C78H121N7O25/c1-48(86)101-47-60-68(102-49(2)87)69(103-50(3)88)67(72(105-60)104-51(4)89)83-63(94)35-30-53-28-33-59(91)55(42-53)44-85(46-66(97)108-76(11,12)13)40-39-84(45-65(96)107-75(8,9)10)43-54-41-52(27-32-58(54)90)29-34-62(93)80-37-23-20-21-26-61(92)79-38-24-22-25-56(70(98)109-77(14,15)16)81-73(100)82-57(71(99)110-78(17,18)19)31-36-64(95)106-74(5,6)7/h27-28,32-33,41-42,56-57,60,67-69,72,90-91H,20-26,29-31,34-40,43-47H2,1-19H3,(H,79,92)(H,80,93)(H,83,94)(H2,81,82,100)/t56-,57-,60+,67+,68+,69+,72?/m0/s1. The minimum atomic E-state index is -1.61. The Labute approximate surface area is 646 Å². The largest absolute Gasteiger partial charge is 0.508 e. The number of carbonyl (C=O) groups is 13. The van der Waals surface area contributed by atoms with E-state index in [1.165, 1.54) is 12.1 Å². The first kappa shape index (κ1) is 95.0. The number of nitrogens with one attached hydrogen (secondary N) is 5. The summed E-state index contributed by atoms with van der Waals surface area (Å²) < 4.78 is 55.3. The van der Waals surface area contributed by atoms with Gasteiger partial charge in [-0.15, -0.1) is 0 Å². The predicted octanol–water partition coefficient (Wildman–Crippen LogP) is 6.95. The summed E-state index contributed by atoms with van der Waals surface area (Å²) in [6.45, 7) is 29.6. The highest BCUT2D eigenvalue weighted by Gasteiger charge is 2.52. The molecule has 0 aliphatic carbocycles. The number of carbonyl (C=O) groups excluding carboxylic acids is 13. The van der Waals surface area contributed by atoms with Gasteiger partial charge in [-0.05, 0) is 178 Å². The van der Waals surface area contributed by atoms with E-state index in [0.717, 1.165) is 33.3 Å². The summed E-state index contributed by atoms with van der Waals surface area (Å²) in [6.07, 6.45) is -2.92. The Balaban J connectivity index is 1.65. The van der Waals surface area contributed by atoms with Crippen LogP contribution < -0.4 is 26.6 Å². The van der Waals surface area contributed by atoms with Crippen LogP contribution >= 0.6 is 0 Å². The van der Waals surface area contributed by atoms with Gasteiger partial charge in [0.05, 0.1) is 13.1 Å². The third-order valence-corrected chi connectivity index (χ3v) is 15.6.